The van der Waals surface area contributed by atoms with Gasteiger partial charge in [0.05, 0.1) is 0 Å². The number of benzene rings is 3. The molecule has 1 atom stereocenters. The van der Waals surface area contributed by atoms with E-state index in [0.29, 0.717) is 0 Å². The van der Waals surface area contributed by atoms with Crippen molar-refractivity contribution in [1.29, 1.82) is 0 Å². The van der Waals surface area contributed by atoms with Gasteiger partial charge >= 0.3 is 0 Å². The van der Waals surface area contributed by atoms with Crippen molar-refractivity contribution in [3.05, 3.63) is 115 Å². The van der Waals surface area contributed by atoms with E-state index in [9.17, 15) is 0 Å². The minimum atomic E-state index is 0.274. The molecule has 162 valence electrons. The van der Waals surface area contributed by atoms with Crippen LogP contribution in [0.15, 0.2) is 53.6 Å². The third-order valence-electron chi connectivity index (χ3n) is 7.50. The molecule has 0 nitrogen and oxygen atoms in total. The smallest absolute Gasteiger partial charge is 0.0357 e. The van der Waals surface area contributed by atoms with Crippen molar-refractivity contribution in [2.45, 2.75) is 66.7 Å². The minimum absolute atomic E-state index is 0.274. The van der Waals surface area contributed by atoms with E-state index in [-0.39, 0.29) is 5.92 Å². The van der Waals surface area contributed by atoms with Crippen molar-refractivity contribution in [1.82, 2.24) is 0 Å². The molecule has 0 saturated carbocycles. The van der Waals surface area contributed by atoms with Crippen LogP contribution in [-0.2, 0) is 12.8 Å². The maximum atomic E-state index is 2.48. The zero-order chi connectivity index (χ0) is 22.6. The van der Waals surface area contributed by atoms with Crippen LogP contribution in [0.1, 0.15) is 94.3 Å². The Balaban J connectivity index is 1.88. The Hall–Kier alpha value is -2.86. The van der Waals surface area contributed by atoms with Crippen molar-refractivity contribution in [3.63, 3.8) is 0 Å². The summed E-state index contributed by atoms with van der Waals surface area (Å²) in [5.74, 6) is 0.274. The second-order valence-corrected chi connectivity index (χ2v) is 10.2. The quantitative estimate of drug-likeness (QED) is 0.306. The lowest BCUT2D eigenvalue weighted by Gasteiger charge is -2.35. The Labute approximate surface area is 193 Å². The zero-order valence-electron chi connectivity index (χ0n) is 20.4. The summed E-state index contributed by atoms with van der Waals surface area (Å²) in [6, 6.07) is 16.6. The van der Waals surface area contributed by atoms with Crippen molar-refractivity contribution in [2.24, 2.45) is 0 Å². The van der Waals surface area contributed by atoms with Gasteiger partial charge in [0.25, 0.3) is 0 Å². The van der Waals surface area contributed by atoms with E-state index in [0.717, 1.165) is 12.8 Å². The third kappa shape index (κ3) is 3.47. The summed E-state index contributed by atoms with van der Waals surface area (Å²) in [4.78, 5) is 0. The van der Waals surface area contributed by atoms with Crippen LogP contribution < -0.4 is 0 Å². The van der Waals surface area contributed by atoms with Gasteiger partial charge in [-0.1, -0.05) is 65.8 Å². The highest BCUT2D eigenvalue weighted by molar-refractivity contribution is 5.74. The molecular formula is C32H34. The highest BCUT2D eigenvalue weighted by Crippen LogP contribution is 2.47. The van der Waals surface area contributed by atoms with Gasteiger partial charge in [0.2, 0.25) is 0 Å². The second kappa shape index (κ2) is 7.93. The summed E-state index contributed by atoms with van der Waals surface area (Å²) in [7, 11) is 0. The molecule has 0 amide bonds. The Morgan fingerprint density at radius 2 is 1.44 bits per heavy atom. The molecule has 0 spiro atoms. The lowest BCUT2D eigenvalue weighted by Crippen LogP contribution is -2.20. The van der Waals surface area contributed by atoms with Gasteiger partial charge in [0, 0.05) is 5.92 Å². The SMILES string of the molecule is CC(C)=Cc1c(C)ccc2c1C(c1ccc(C)c(C)c1)c1c(ccc3c1C=C(C)CC3)C2. The summed E-state index contributed by atoms with van der Waals surface area (Å²) in [5.41, 5.74) is 18.9. The predicted octanol–water partition coefficient (Wildman–Crippen LogP) is 8.47. The van der Waals surface area contributed by atoms with Crippen molar-refractivity contribution in [3.8, 4) is 0 Å². The van der Waals surface area contributed by atoms with Crippen molar-refractivity contribution >= 4 is 12.2 Å². The van der Waals surface area contributed by atoms with Crippen LogP contribution in [0, 0.1) is 20.8 Å². The third-order valence-corrected chi connectivity index (χ3v) is 7.50. The van der Waals surface area contributed by atoms with Gasteiger partial charge in [-0.3, -0.25) is 0 Å². The predicted molar refractivity (Wildman–Crippen MR) is 139 cm³/mol. The van der Waals surface area contributed by atoms with Crippen molar-refractivity contribution < 1.29 is 0 Å². The van der Waals surface area contributed by atoms with E-state index >= 15 is 0 Å². The topological polar surface area (TPSA) is 0 Å². The second-order valence-electron chi connectivity index (χ2n) is 10.2. The lowest BCUT2D eigenvalue weighted by molar-refractivity contribution is 0.851. The summed E-state index contributed by atoms with van der Waals surface area (Å²) in [6.45, 7) is 13.5. The molecule has 2 aliphatic rings. The first-order chi connectivity index (χ1) is 15.3. The van der Waals surface area contributed by atoms with Gasteiger partial charge < -0.3 is 0 Å². The van der Waals surface area contributed by atoms with Crippen LogP contribution in [0.2, 0.25) is 0 Å². The molecule has 0 radical (unpaired) electrons. The van der Waals surface area contributed by atoms with Gasteiger partial charge in [0.15, 0.2) is 0 Å². The Kier molecular flexibility index (Phi) is 5.20. The molecule has 3 aromatic carbocycles. The van der Waals surface area contributed by atoms with Crippen LogP contribution in [0.4, 0.5) is 0 Å². The Morgan fingerprint density at radius 1 is 0.750 bits per heavy atom. The molecule has 0 bridgehead atoms. The van der Waals surface area contributed by atoms with E-state index in [1.165, 1.54) is 73.2 Å². The summed E-state index contributed by atoms with van der Waals surface area (Å²) >= 11 is 0. The van der Waals surface area contributed by atoms with Gasteiger partial charge in [-0.2, -0.15) is 0 Å². The van der Waals surface area contributed by atoms with E-state index < -0.39 is 0 Å². The molecule has 1 unspecified atom stereocenters. The fraction of sp³-hybridized carbons (Fsp3) is 0.312. The molecule has 2 aliphatic carbocycles. The maximum absolute atomic E-state index is 2.48. The first kappa shape index (κ1) is 21.0. The largest absolute Gasteiger partial charge is 0.0758 e. The van der Waals surface area contributed by atoms with E-state index in [4.69, 9.17) is 0 Å². The standard InChI is InChI=1S/C32H34/c1-19(2)15-28-22(5)9-12-26-18-27-14-13-24-10-7-20(3)16-29(24)31(27)32(30(26)28)25-11-8-21(4)23(6)17-25/h8-9,11-17,32H,7,10,18H2,1-6H3. The Morgan fingerprint density at radius 3 is 2.19 bits per heavy atom. The maximum Gasteiger partial charge on any atom is 0.0357 e. The molecule has 0 aromatic heterocycles. The zero-order valence-corrected chi connectivity index (χ0v) is 20.4. The van der Waals surface area contributed by atoms with Crippen LogP contribution >= 0.6 is 0 Å². The molecular weight excluding hydrogens is 384 g/mol. The normalized spacial score (nSPS) is 16.6. The number of fused-ring (bicyclic) bond motifs is 4. The van der Waals surface area contributed by atoms with E-state index in [2.05, 4.69) is 96.2 Å². The van der Waals surface area contributed by atoms with Gasteiger partial charge in [-0.15, -0.1) is 0 Å². The van der Waals surface area contributed by atoms with Gasteiger partial charge in [-0.25, -0.2) is 0 Å². The van der Waals surface area contributed by atoms with E-state index in [1.54, 1.807) is 5.56 Å². The fourth-order valence-electron chi connectivity index (χ4n) is 5.65. The van der Waals surface area contributed by atoms with Crippen LogP contribution in [0.3, 0.4) is 0 Å². The highest BCUT2D eigenvalue weighted by atomic mass is 14.4. The average Bonchev–Trinajstić information content (AvgIpc) is 2.76. The molecule has 5 rings (SSSR count). The van der Waals surface area contributed by atoms with Crippen molar-refractivity contribution in [2.75, 3.05) is 0 Å². The molecule has 0 heterocycles. The first-order valence-electron chi connectivity index (χ1n) is 12.0. The molecule has 3 aromatic rings. The summed E-state index contributed by atoms with van der Waals surface area (Å²) < 4.78 is 0. The molecule has 0 N–H and O–H groups in total. The van der Waals surface area contributed by atoms with Gasteiger partial charge in [-0.05, 0) is 122 Å². The monoisotopic (exact) mass is 418 g/mol. The summed E-state index contributed by atoms with van der Waals surface area (Å²) in [6.07, 6.45) is 8.25. The van der Waals surface area contributed by atoms with Crippen LogP contribution in [0.5, 0.6) is 0 Å². The number of hydrogen-bond acceptors (Lipinski definition) is 0. The molecule has 0 saturated heterocycles. The first-order valence-corrected chi connectivity index (χ1v) is 12.0. The van der Waals surface area contributed by atoms with Crippen LogP contribution in [0.25, 0.3) is 12.2 Å². The number of rotatable bonds is 2. The number of allylic oxidation sites excluding steroid dienone is 2. The summed E-state index contributed by atoms with van der Waals surface area (Å²) in [5, 5.41) is 0. The van der Waals surface area contributed by atoms with Gasteiger partial charge in [0.1, 0.15) is 0 Å². The highest BCUT2D eigenvalue weighted by Gasteiger charge is 2.32. The molecule has 0 aliphatic heterocycles. The Bertz CT molecular complexity index is 1280. The minimum Gasteiger partial charge on any atom is -0.0758 e. The van der Waals surface area contributed by atoms with E-state index in [1.807, 2.05) is 0 Å². The fourth-order valence-corrected chi connectivity index (χ4v) is 5.65. The molecule has 0 fully saturated rings. The number of aryl methyl sites for hydroxylation is 4. The van der Waals surface area contributed by atoms with Crippen LogP contribution in [-0.4, -0.2) is 0 Å². The molecule has 32 heavy (non-hydrogen) atoms. The molecule has 0 heteroatoms. The lowest BCUT2D eigenvalue weighted by atomic mass is 9.69. The average molecular weight is 419 g/mol. The number of hydrogen-bond donors (Lipinski definition) is 0.